The molecule has 19 heavy (non-hydrogen) atoms. The predicted molar refractivity (Wildman–Crippen MR) is 74.3 cm³/mol. The number of nitrogens with zero attached hydrogens (tertiary/aromatic N) is 2. The van der Waals surface area contributed by atoms with E-state index in [-0.39, 0.29) is 6.10 Å². The summed E-state index contributed by atoms with van der Waals surface area (Å²) < 4.78 is 7.85. The van der Waals surface area contributed by atoms with Crippen LogP contribution in [0.3, 0.4) is 0 Å². The maximum Gasteiger partial charge on any atom is 0.157 e. The highest BCUT2D eigenvalue weighted by atomic mass is 16.5. The second-order valence-electron chi connectivity index (χ2n) is 4.95. The number of aromatic nitrogens is 2. The molecule has 4 heteroatoms. The standard InChI is InChI=1S/C15H19N3O/c1-2-5-13(6-3-1)11-18-12-15(10-17-18)19-14-7-4-8-16-9-14/h1-3,5-6,10,12,14,16H,4,7-9,11H2. The summed E-state index contributed by atoms with van der Waals surface area (Å²) in [5.74, 6) is 0.865. The lowest BCUT2D eigenvalue weighted by molar-refractivity contribution is 0.167. The SMILES string of the molecule is c1ccc(Cn2cc(OC3CCCNC3)cn2)cc1. The Morgan fingerprint density at radius 3 is 3.00 bits per heavy atom. The lowest BCUT2D eigenvalue weighted by Gasteiger charge is -2.22. The molecular formula is C15H19N3O. The molecule has 1 unspecified atom stereocenters. The molecule has 0 spiro atoms. The Morgan fingerprint density at radius 1 is 1.32 bits per heavy atom. The molecule has 3 rings (SSSR count). The van der Waals surface area contributed by atoms with Crippen molar-refractivity contribution in [2.24, 2.45) is 0 Å². The molecule has 2 aromatic rings. The van der Waals surface area contributed by atoms with Gasteiger partial charge in [0, 0.05) is 6.54 Å². The smallest absolute Gasteiger partial charge is 0.157 e. The number of piperidine rings is 1. The molecular weight excluding hydrogens is 238 g/mol. The zero-order valence-electron chi connectivity index (χ0n) is 11.0. The Balaban J connectivity index is 1.59. The third-order valence-corrected chi connectivity index (χ3v) is 3.35. The van der Waals surface area contributed by atoms with E-state index in [9.17, 15) is 0 Å². The Kier molecular flexibility index (Phi) is 3.79. The van der Waals surface area contributed by atoms with Crippen molar-refractivity contribution in [2.75, 3.05) is 13.1 Å². The molecule has 4 nitrogen and oxygen atoms in total. The minimum atomic E-state index is 0.281. The quantitative estimate of drug-likeness (QED) is 0.911. The predicted octanol–water partition coefficient (Wildman–Crippen LogP) is 2.06. The van der Waals surface area contributed by atoms with Crippen LogP contribution in [-0.2, 0) is 6.54 Å². The summed E-state index contributed by atoms with van der Waals surface area (Å²) in [7, 11) is 0. The van der Waals surface area contributed by atoms with E-state index in [1.54, 1.807) is 6.20 Å². The van der Waals surface area contributed by atoms with Crippen LogP contribution in [0.5, 0.6) is 5.75 Å². The summed E-state index contributed by atoms with van der Waals surface area (Å²) in [6, 6.07) is 10.3. The largest absolute Gasteiger partial charge is 0.486 e. The Bertz CT molecular complexity index is 503. The van der Waals surface area contributed by atoms with E-state index in [0.29, 0.717) is 0 Å². The average Bonchev–Trinajstić information content (AvgIpc) is 2.88. The van der Waals surface area contributed by atoms with Gasteiger partial charge < -0.3 is 10.1 Å². The van der Waals surface area contributed by atoms with E-state index >= 15 is 0 Å². The molecule has 1 aromatic heterocycles. The highest BCUT2D eigenvalue weighted by Crippen LogP contribution is 2.15. The van der Waals surface area contributed by atoms with Gasteiger partial charge in [0.15, 0.2) is 5.75 Å². The maximum absolute atomic E-state index is 5.93. The van der Waals surface area contributed by atoms with Crippen LogP contribution in [0.1, 0.15) is 18.4 Å². The Hall–Kier alpha value is -1.81. The third kappa shape index (κ3) is 3.35. The fourth-order valence-electron chi connectivity index (χ4n) is 2.38. The van der Waals surface area contributed by atoms with E-state index in [4.69, 9.17) is 4.74 Å². The van der Waals surface area contributed by atoms with Crippen LogP contribution in [0.2, 0.25) is 0 Å². The van der Waals surface area contributed by atoms with E-state index in [2.05, 4.69) is 22.5 Å². The van der Waals surface area contributed by atoms with Gasteiger partial charge in [-0.1, -0.05) is 30.3 Å². The van der Waals surface area contributed by atoms with Gasteiger partial charge in [0.05, 0.1) is 18.9 Å². The molecule has 2 heterocycles. The molecule has 0 amide bonds. The summed E-state index contributed by atoms with van der Waals surface area (Å²) in [5.41, 5.74) is 1.25. The van der Waals surface area contributed by atoms with Gasteiger partial charge in [-0.2, -0.15) is 5.10 Å². The summed E-state index contributed by atoms with van der Waals surface area (Å²) in [5, 5.41) is 7.70. The molecule has 100 valence electrons. The van der Waals surface area contributed by atoms with Crippen molar-refractivity contribution in [2.45, 2.75) is 25.5 Å². The normalized spacial score (nSPS) is 19.3. The van der Waals surface area contributed by atoms with Crippen LogP contribution in [-0.4, -0.2) is 29.0 Å². The molecule has 1 fully saturated rings. The van der Waals surface area contributed by atoms with E-state index in [1.165, 1.54) is 12.0 Å². The number of rotatable bonds is 4. The third-order valence-electron chi connectivity index (χ3n) is 3.35. The number of ether oxygens (including phenoxy) is 1. The second-order valence-corrected chi connectivity index (χ2v) is 4.95. The molecule has 1 aromatic carbocycles. The number of benzene rings is 1. The average molecular weight is 257 g/mol. The van der Waals surface area contributed by atoms with E-state index < -0.39 is 0 Å². The fraction of sp³-hybridized carbons (Fsp3) is 0.400. The summed E-state index contributed by atoms with van der Waals surface area (Å²) in [6.07, 6.45) is 6.36. The first-order valence-electron chi connectivity index (χ1n) is 6.84. The van der Waals surface area contributed by atoms with E-state index in [1.807, 2.05) is 29.1 Å². The topological polar surface area (TPSA) is 39.1 Å². The Morgan fingerprint density at radius 2 is 2.21 bits per heavy atom. The molecule has 1 aliphatic heterocycles. The van der Waals surface area contributed by atoms with Crippen LogP contribution in [0.15, 0.2) is 42.7 Å². The van der Waals surface area contributed by atoms with Crippen LogP contribution < -0.4 is 10.1 Å². The van der Waals surface area contributed by atoms with Crippen molar-refractivity contribution < 1.29 is 4.74 Å². The minimum Gasteiger partial charge on any atom is -0.486 e. The van der Waals surface area contributed by atoms with Crippen molar-refractivity contribution in [1.29, 1.82) is 0 Å². The summed E-state index contributed by atoms with van der Waals surface area (Å²) in [6.45, 7) is 2.82. The lowest BCUT2D eigenvalue weighted by atomic mass is 10.1. The molecule has 0 aliphatic carbocycles. The van der Waals surface area contributed by atoms with Crippen molar-refractivity contribution in [1.82, 2.24) is 15.1 Å². The van der Waals surface area contributed by atoms with Crippen LogP contribution in [0.25, 0.3) is 0 Å². The van der Waals surface area contributed by atoms with Gasteiger partial charge in [-0.15, -0.1) is 0 Å². The van der Waals surface area contributed by atoms with E-state index in [0.717, 1.165) is 31.8 Å². The molecule has 1 saturated heterocycles. The summed E-state index contributed by atoms with van der Waals surface area (Å²) in [4.78, 5) is 0. The lowest BCUT2D eigenvalue weighted by Crippen LogP contribution is -2.37. The van der Waals surface area contributed by atoms with Crippen molar-refractivity contribution >= 4 is 0 Å². The molecule has 0 saturated carbocycles. The molecule has 1 atom stereocenters. The minimum absolute atomic E-state index is 0.281. The highest BCUT2D eigenvalue weighted by molar-refractivity contribution is 5.17. The van der Waals surface area contributed by atoms with Gasteiger partial charge in [-0.3, -0.25) is 4.68 Å². The van der Waals surface area contributed by atoms with Gasteiger partial charge >= 0.3 is 0 Å². The van der Waals surface area contributed by atoms with Crippen LogP contribution in [0, 0.1) is 0 Å². The van der Waals surface area contributed by atoms with Gasteiger partial charge in [0.25, 0.3) is 0 Å². The molecule has 0 radical (unpaired) electrons. The summed E-state index contributed by atoms with van der Waals surface area (Å²) >= 11 is 0. The first-order valence-corrected chi connectivity index (χ1v) is 6.84. The van der Waals surface area contributed by atoms with Gasteiger partial charge in [-0.05, 0) is 24.9 Å². The molecule has 1 aliphatic rings. The maximum atomic E-state index is 5.93. The van der Waals surface area contributed by atoms with Crippen molar-refractivity contribution in [3.8, 4) is 5.75 Å². The van der Waals surface area contributed by atoms with Gasteiger partial charge in [0.2, 0.25) is 0 Å². The van der Waals surface area contributed by atoms with Crippen molar-refractivity contribution in [3.63, 3.8) is 0 Å². The van der Waals surface area contributed by atoms with Crippen LogP contribution in [0.4, 0.5) is 0 Å². The zero-order valence-corrected chi connectivity index (χ0v) is 11.0. The van der Waals surface area contributed by atoms with Crippen LogP contribution >= 0.6 is 0 Å². The molecule has 0 bridgehead atoms. The fourth-order valence-corrected chi connectivity index (χ4v) is 2.38. The van der Waals surface area contributed by atoms with Crippen molar-refractivity contribution in [3.05, 3.63) is 48.3 Å². The highest BCUT2D eigenvalue weighted by Gasteiger charge is 2.15. The monoisotopic (exact) mass is 257 g/mol. The molecule has 1 N–H and O–H groups in total. The number of nitrogens with one attached hydrogen (secondary N) is 1. The first kappa shape index (κ1) is 12.2. The number of hydrogen-bond acceptors (Lipinski definition) is 3. The Labute approximate surface area is 113 Å². The first-order chi connectivity index (χ1) is 9.40. The zero-order chi connectivity index (χ0) is 12.9. The van der Waals surface area contributed by atoms with Gasteiger partial charge in [0.1, 0.15) is 6.10 Å². The number of hydrogen-bond donors (Lipinski definition) is 1. The van der Waals surface area contributed by atoms with Gasteiger partial charge in [-0.25, -0.2) is 0 Å². The second kappa shape index (κ2) is 5.89.